The van der Waals surface area contributed by atoms with Crippen LogP contribution >= 0.6 is 23.2 Å². The Morgan fingerprint density at radius 1 is 1.00 bits per heavy atom. The normalized spacial score (nSPS) is 23.7. The zero-order valence-corrected chi connectivity index (χ0v) is 24.4. The minimum Gasteiger partial charge on any atom is -0.458 e. The van der Waals surface area contributed by atoms with E-state index in [4.69, 9.17) is 32.5 Å². The van der Waals surface area contributed by atoms with Crippen LogP contribution in [0.5, 0.6) is 0 Å². The summed E-state index contributed by atoms with van der Waals surface area (Å²) in [5.41, 5.74) is 2.46. The number of piperidine rings is 1. The number of nitrogens with zero attached hydrogens (tertiary/aromatic N) is 2. The molecule has 2 aromatic carbocycles. The number of hydrogen-bond acceptors (Lipinski definition) is 8. The molecule has 0 amide bonds. The van der Waals surface area contributed by atoms with Crippen molar-refractivity contribution in [2.24, 2.45) is 5.92 Å². The highest BCUT2D eigenvalue weighted by atomic mass is 35.5. The van der Waals surface area contributed by atoms with Crippen LogP contribution in [0.3, 0.4) is 0 Å². The predicted octanol–water partition coefficient (Wildman–Crippen LogP) is 6.11. The number of esters is 1. The van der Waals surface area contributed by atoms with Crippen molar-refractivity contribution in [2.45, 2.75) is 61.8 Å². The number of anilines is 1. The minimum atomic E-state index is -3.35. The number of aromatic nitrogens is 1. The smallest absolute Gasteiger partial charge is 0.344 e. The molecule has 4 fully saturated rings. The Labute approximate surface area is 247 Å². The van der Waals surface area contributed by atoms with Crippen LogP contribution in [0.25, 0.3) is 11.3 Å². The number of carbonyl (C=O) groups is 2. The number of sulfone groups is 1. The van der Waals surface area contributed by atoms with E-state index in [1.807, 2.05) is 12.1 Å². The van der Waals surface area contributed by atoms with Gasteiger partial charge in [-0.1, -0.05) is 34.4 Å². The van der Waals surface area contributed by atoms with E-state index >= 15 is 0 Å². The molecule has 3 saturated carbocycles. The van der Waals surface area contributed by atoms with Gasteiger partial charge in [0.15, 0.2) is 21.4 Å². The number of hydrogen-bond donors (Lipinski definition) is 0. The summed E-state index contributed by atoms with van der Waals surface area (Å²) in [6, 6.07) is 12.5. The van der Waals surface area contributed by atoms with Crippen LogP contribution in [0.4, 0.5) is 5.69 Å². The molecule has 3 atom stereocenters. The maximum absolute atomic E-state index is 13.6. The van der Waals surface area contributed by atoms with Gasteiger partial charge in [-0.3, -0.25) is 4.79 Å². The van der Waals surface area contributed by atoms with Gasteiger partial charge >= 0.3 is 5.97 Å². The second-order valence-corrected chi connectivity index (χ2v) is 14.7. The van der Waals surface area contributed by atoms with Crippen LogP contribution in [0.2, 0.25) is 10.0 Å². The Kier molecular flexibility index (Phi) is 6.67. The van der Waals surface area contributed by atoms with Gasteiger partial charge in [0.05, 0.1) is 15.3 Å². The molecule has 3 aliphatic carbocycles. The third-order valence-corrected chi connectivity index (χ3v) is 11.5. The van der Waals surface area contributed by atoms with Gasteiger partial charge in [-0.15, -0.1) is 0 Å². The quantitative estimate of drug-likeness (QED) is 0.210. The number of benzene rings is 2. The predicted molar refractivity (Wildman–Crippen MR) is 155 cm³/mol. The SMILES string of the molecule is O=C(CS(=O)(=O)C1CC1)c1ccc(N2C[C@@H]3C[C@H]2C[C@H]3OC(=O)c2c(-c3c(Cl)cccc3Cl)noc2C2CC2)cc1. The number of fused-ring (bicyclic) bond motifs is 2. The Hall–Kier alpha value is -2.88. The highest BCUT2D eigenvalue weighted by Gasteiger charge is 2.48. The Balaban J connectivity index is 1.04. The zero-order chi connectivity index (χ0) is 28.5. The van der Waals surface area contributed by atoms with Crippen molar-refractivity contribution in [3.05, 3.63) is 69.4 Å². The molecule has 214 valence electrons. The number of ketones is 1. The molecule has 0 N–H and O–H groups in total. The van der Waals surface area contributed by atoms with Crippen molar-refractivity contribution >= 4 is 50.5 Å². The van der Waals surface area contributed by atoms with E-state index in [1.54, 1.807) is 30.3 Å². The number of rotatable bonds is 9. The molecule has 2 bridgehead atoms. The Bertz CT molecular complexity index is 1630. The number of carbonyl (C=O) groups excluding carboxylic acids is 2. The molecule has 8 nitrogen and oxygen atoms in total. The van der Waals surface area contributed by atoms with Crippen molar-refractivity contribution < 1.29 is 27.3 Å². The van der Waals surface area contributed by atoms with Crippen molar-refractivity contribution in [3.63, 3.8) is 0 Å². The summed E-state index contributed by atoms with van der Waals surface area (Å²) < 4.78 is 36.2. The van der Waals surface area contributed by atoms with E-state index in [1.165, 1.54) is 0 Å². The van der Waals surface area contributed by atoms with Gasteiger partial charge in [0.2, 0.25) is 0 Å². The number of ether oxygens (including phenoxy) is 1. The van der Waals surface area contributed by atoms with Gasteiger partial charge in [0, 0.05) is 47.7 Å². The van der Waals surface area contributed by atoms with Crippen molar-refractivity contribution in [3.8, 4) is 11.3 Å². The summed E-state index contributed by atoms with van der Waals surface area (Å²) >= 11 is 12.9. The third-order valence-electron chi connectivity index (χ3n) is 8.69. The van der Waals surface area contributed by atoms with Crippen LogP contribution in [-0.2, 0) is 14.6 Å². The number of Topliss-reactive ketones (excluding diaryl/α,β-unsaturated/α-hetero) is 1. The largest absolute Gasteiger partial charge is 0.458 e. The number of halogens is 2. The minimum absolute atomic E-state index is 0.138. The first kappa shape index (κ1) is 27.0. The molecule has 3 aromatic rings. The first-order chi connectivity index (χ1) is 19.7. The molecule has 4 aliphatic rings. The summed E-state index contributed by atoms with van der Waals surface area (Å²) in [5.74, 6) is -0.435. The molecule has 11 heteroatoms. The second kappa shape index (κ2) is 10.1. The molecule has 0 unspecified atom stereocenters. The van der Waals surface area contributed by atoms with E-state index in [0.29, 0.717) is 64.0 Å². The van der Waals surface area contributed by atoms with Gasteiger partial charge in [0.1, 0.15) is 23.1 Å². The zero-order valence-electron chi connectivity index (χ0n) is 22.1. The third kappa shape index (κ3) is 5.06. The fraction of sp³-hybridized carbons (Fsp3) is 0.433. The maximum atomic E-state index is 13.6. The van der Waals surface area contributed by atoms with Crippen molar-refractivity contribution in [2.75, 3.05) is 17.2 Å². The van der Waals surface area contributed by atoms with E-state index in [0.717, 1.165) is 24.9 Å². The van der Waals surface area contributed by atoms with Crippen molar-refractivity contribution in [1.82, 2.24) is 5.16 Å². The van der Waals surface area contributed by atoms with Gasteiger partial charge in [-0.2, -0.15) is 0 Å². The molecule has 0 radical (unpaired) electrons. The summed E-state index contributed by atoms with van der Waals surface area (Å²) in [5, 5.41) is 4.62. The summed E-state index contributed by atoms with van der Waals surface area (Å²) in [6.45, 7) is 0.717. The van der Waals surface area contributed by atoms with Crippen LogP contribution in [0.1, 0.15) is 70.9 Å². The van der Waals surface area contributed by atoms with Gasteiger partial charge in [-0.25, -0.2) is 13.2 Å². The van der Waals surface area contributed by atoms with E-state index in [9.17, 15) is 18.0 Å². The molecular formula is C30H28Cl2N2O6S. The monoisotopic (exact) mass is 614 g/mol. The van der Waals surface area contributed by atoms with E-state index in [-0.39, 0.29) is 35.0 Å². The van der Waals surface area contributed by atoms with Crippen LogP contribution in [0, 0.1) is 5.92 Å². The van der Waals surface area contributed by atoms with E-state index < -0.39 is 21.6 Å². The highest BCUT2D eigenvalue weighted by Crippen LogP contribution is 2.47. The van der Waals surface area contributed by atoms with Gasteiger partial charge < -0.3 is 14.2 Å². The van der Waals surface area contributed by atoms with Crippen LogP contribution in [0.15, 0.2) is 47.0 Å². The fourth-order valence-electron chi connectivity index (χ4n) is 6.23. The lowest BCUT2D eigenvalue weighted by Crippen LogP contribution is -2.39. The molecule has 0 spiro atoms. The first-order valence-electron chi connectivity index (χ1n) is 14.0. The average Bonchev–Trinajstić information content (AvgIpc) is 3.86. The lowest BCUT2D eigenvalue weighted by molar-refractivity contribution is 0.0191. The molecule has 41 heavy (non-hydrogen) atoms. The summed E-state index contributed by atoms with van der Waals surface area (Å²) in [4.78, 5) is 28.4. The molecule has 2 heterocycles. The topological polar surface area (TPSA) is 107 Å². The van der Waals surface area contributed by atoms with E-state index in [2.05, 4.69) is 10.1 Å². The first-order valence-corrected chi connectivity index (χ1v) is 16.4. The maximum Gasteiger partial charge on any atom is 0.344 e. The van der Waals surface area contributed by atoms with Crippen LogP contribution < -0.4 is 4.90 Å². The van der Waals surface area contributed by atoms with Crippen LogP contribution in [-0.4, -0.2) is 55.0 Å². The summed E-state index contributed by atoms with van der Waals surface area (Å²) in [6.07, 6.45) is 4.49. The fourth-order valence-corrected chi connectivity index (χ4v) is 8.43. The Morgan fingerprint density at radius 2 is 1.71 bits per heavy atom. The molecule has 7 rings (SSSR count). The Morgan fingerprint density at radius 3 is 2.32 bits per heavy atom. The highest BCUT2D eigenvalue weighted by molar-refractivity contribution is 7.93. The van der Waals surface area contributed by atoms with Gasteiger partial charge in [-0.05, 0) is 68.5 Å². The molecule has 1 saturated heterocycles. The van der Waals surface area contributed by atoms with Crippen molar-refractivity contribution in [1.29, 1.82) is 0 Å². The molecule has 1 aliphatic heterocycles. The average molecular weight is 616 g/mol. The second-order valence-electron chi connectivity index (χ2n) is 11.6. The van der Waals surface area contributed by atoms with Gasteiger partial charge in [0.25, 0.3) is 0 Å². The molecular weight excluding hydrogens is 587 g/mol. The summed E-state index contributed by atoms with van der Waals surface area (Å²) in [7, 11) is -3.35. The lowest BCUT2D eigenvalue weighted by atomic mass is 10.0. The molecule has 1 aromatic heterocycles. The standard InChI is InChI=1S/C30H28Cl2N2O6S/c31-22-2-1-3-23(32)26(22)28-27(29(40-33-28)17-4-5-17)30(36)39-25-13-20-12-18(25)14-34(20)19-8-6-16(7-9-19)24(35)15-41(37,38)21-10-11-21/h1-3,6-9,17-18,20-21,25H,4-5,10-15H2/t18-,20-,25+/m0/s1. The lowest BCUT2D eigenvalue weighted by Gasteiger charge is -2.33.